The van der Waals surface area contributed by atoms with Crippen LogP contribution in [0.4, 0.5) is 0 Å². The molecule has 3 rings (SSSR count). The Bertz CT molecular complexity index is 306. The van der Waals surface area contributed by atoms with Crippen LogP contribution in [0.1, 0.15) is 18.6 Å². The van der Waals surface area contributed by atoms with E-state index in [9.17, 15) is 0 Å². The van der Waals surface area contributed by atoms with Crippen LogP contribution in [0.15, 0.2) is 22.8 Å². The first kappa shape index (κ1) is 9.43. The fourth-order valence-corrected chi connectivity index (χ4v) is 2.64. The molecule has 2 saturated heterocycles. The molecule has 0 aliphatic carbocycles. The van der Waals surface area contributed by atoms with Gasteiger partial charge < -0.3 is 9.73 Å². The van der Waals surface area contributed by atoms with E-state index in [-0.39, 0.29) is 0 Å². The quantitative estimate of drug-likeness (QED) is 0.794. The molecule has 2 aliphatic heterocycles. The summed E-state index contributed by atoms with van der Waals surface area (Å²) in [7, 11) is 0. The number of nitrogens with one attached hydrogen (secondary N) is 1. The van der Waals surface area contributed by atoms with Crippen molar-refractivity contribution in [3.05, 3.63) is 24.2 Å². The Labute approximate surface area is 90.4 Å². The standard InChI is InChI=1S/C12H18N2O/c1-2-11(15-7-1)8-14-5-3-12(4-6-14)9-13-10-12/h1-2,7,13H,3-6,8-10H2. The molecule has 1 aromatic rings. The van der Waals surface area contributed by atoms with Crippen LogP contribution in [0, 0.1) is 5.41 Å². The lowest BCUT2D eigenvalue weighted by molar-refractivity contribution is 0.0491. The third kappa shape index (κ3) is 1.82. The van der Waals surface area contributed by atoms with E-state index in [2.05, 4.69) is 16.3 Å². The molecule has 0 amide bonds. The predicted octanol–water partition coefficient (Wildman–Crippen LogP) is 1.47. The first-order chi connectivity index (χ1) is 7.36. The minimum atomic E-state index is 0.652. The fourth-order valence-electron chi connectivity index (χ4n) is 2.64. The summed E-state index contributed by atoms with van der Waals surface area (Å²) in [6, 6.07) is 4.03. The van der Waals surface area contributed by atoms with Gasteiger partial charge in [-0.3, -0.25) is 4.90 Å². The van der Waals surface area contributed by atoms with Crippen molar-refractivity contribution in [2.24, 2.45) is 5.41 Å². The Morgan fingerprint density at radius 1 is 1.33 bits per heavy atom. The van der Waals surface area contributed by atoms with Crippen LogP contribution in [0.3, 0.4) is 0 Å². The van der Waals surface area contributed by atoms with E-state index in [1.165, 1.54) is 39.0 Å². The molecule has 0 saturated carbocycles. The van der Waals surface area contributed by atoms with Gasteiger partial charge in [-0.2, -0.15) is 0 Å². The van der Waals surface area contributed by atoms with E-state index in [1.807, 2.05) is 6.07 Å². The highest BCUT2D eigenvalue weighted by Gasteiger charge is 2.39. The Morgan fingerprint density at radius 3 is 2.67 bits per heavy atom. The molecule has 1 N–H and O–H groups in total. The second-order valence-electron chi connectivity index (χ2n) is 4.96. The topological polar surface area (TPSA) is 28.4 Å². The van der Waals surface area contributed by atoms with E-state index in [0.29, 0.717) is 5.41 Å². The smallest absolute Gasteiger partial charge is 0.117 e. The molecule has 1 spiro atoms. The summed E-state index contributed by atoms with van der Waals surface area (Å²) in [4.78, 5) is 2.50. The van der Waals surface area contributed by atoms with Gasteiger partial charge in [0.25, 0.3) is 0 Å². The zero-order valence-electron chi connectivity index (χ0n) is 9.04. The number of piperidine rings is 1. The van der Waals surface area contributed by atoms with Gasteiger partial charge in [0.1, 0.15) is 5.76 Å². The van der Waals surface area contributed by atoms with Gasteiger partial charge in [-0.15, -0.1) is 0 Å². The maximum absolute atomic E-state index is 5.37. The lowest BCUT2D eigenvalue weighted by Crippen LogP contribution is -2.58. The van der Waals surface area contributed by atoms with Crippen LogP contribution in [-0.4, -0.2) is 31.1 Å². The predicted molar refractivity (Wildman–Crippen MR) is 58.5 cm³/mol. The van der Waals surface area contributed by atoms with Gasteiger partial charge in [-0.1, -0.05) is 0 Å². The summed E-state index contributed by atoms with van der Waals surface area (Å²) in [5, 5.41) is 3.40. The highest BCUT2D eigenvalue weighted by molar-refractivity contribution is 5.00. The number of hydrogen-bond donors (Lipinski definition) is 1. The molecule has 1 aromatic heterocycles. The van der Waals surface area contributed by atoms with Crippen LogP contribution in [-0.2, 0) is 6.54 Å². The van der Waals surface area contributed by atoms with Crippen molar-refractivity contribution in [1.29, 1.82) is 0 Å². The molecule has 0 bridgehead atoms. The van der Waals surface area contributed by atoms with Crippen molar-refractivity contribution in [3.8, 4) is 0 Å². The summed E-state index contributed by atoms with van der Waals surface area (Å²) in [6.45, 7) is 5.91. The third-order valence-corrected chi connectivity index (χ3v) is 3.88. The SMILES string of the molecule is c1coc(CN2CCC3(CC2)CNC3)c1. The minimum absolute atomic E-state index is 0.652. The number of rotatable bonds is 2. The Kier molecular flexibility index (Phi) is 2.29. The number of hydrogen-bond acceptors (Lipinski definition) is 3. The van der Waals surface area contributed by atoms with Crippen LogP contribution in [0.5, 0.6) is 0 Å². The highest BCUT2D eigenvalue weighted by atomic mass is 16.3. The van der Waals surface area contributed by atoms with Crippen molar-refractivity contribution in [2.45, 2.75) is 19.4 Å². The van der Waals surface area contributed by atoms with E-state index < -0.39 is 0 Å². The molecule has 3 heterocycles. The average molecular weight is 206 g/mol. The molecule has 0 unspecified atom stereocenters. The van der Waals surface area contributed by atoms with Gasteiger partial charge in [0.15, 0.2) is 0 Å². The Balaban J connectivity index is 1.53. The second-order valence-corrected chi connectivity index (χ2v) is 4.96. The second kappa shape index (κ2) is 3.65. The Morgan fingerprint density at radius 2 is 2.13 bits per heavy atom. The molecule has 3 nitrogen and oxygen atoms in total. The van der Waals surface area contributed by atoms with Gasteiger partial charge in [-0.05, 0) is 43.5 Å². The Hall–Kier alpha value is -0.800. The van der Waals surface area contributed by atoms with Crippen molar-refractivity contribution in [3.63, 3.8) is 0 Å². The van der Waals surface area contributed by atoms with Crippen LogP contribution in [0.25, 0.3) is 0 Å². The first-order valence-corrected chi connectivity index (χ1v) is 5.82. The maximum Gasteiger partial charge on any atom is 0.117 e. The average Bonchev–Trinajstić information content (AvgIpc) is 2.69. The van der Waals surface area contributed by atoms with Gasteiger partial charge in [0.05, 0.1) is 12.8 Å². The molecule has 0 aromatic carbocycles. The van der Waals surface area contributed by atoms with Gasteiger partial charge >= 0.3 is 0 Å². The van der Waals surface area contributed by atoms with E-state index in [4.69, 9.17) is 4.42 Å². The van der Waals surface area contributed by atoms with E-state index in [1.54, 1.807) is 6.26 Å². The minimum Gasteiger partial charge on any atom is -0.468 e. The summed E-state index contributed by atoms with van der Waals surface area (Å²) >= 11 is 0. The van der Waals surface area contributed by atoms with Crippen molar-refractivity contribution < 1.29 is 4.42 Å². The molecule has 0 atom stereocenters. The maximum atomic E-state index is 5.37. The van der Waals surface area contributed by atoms with Crippen molar-refractivity contribution in [2.75, 3.05) is 26.2 Å². The zero-order valence-corrected chi connectivity index (χ0v) is 9.04. The van der Waals surface area contributed by atoms with Crippen LogP contribution in [0.2, 0.25) is 0 Å². The molecule has 3 heteroatoms. The van der Waals surface area contributed by atoms with Gasteiger partial charge in [0.2, 0.25) is 0 Å². The molecule has 2 aliphatic rings. The zero-order chi connectivity index (χ0) is 10.1. The van der Waals surface area contributed by atoms with Crippen molar-refractivity contribution >= 4 is 0 Å². The highest BCUT2D eigenvalue weighted by Crippen LogP contribution is 2.35. The monoisotopic (exact) mass is 206 g/mol. The van der Waals surface area contributed by atoms with Gasteiger partial charge in [-0.25, -0.2) is 0 Å². The summed E-state index contributed by atoms with van der Waals surface area (Å²) in [5.74, 6) is 1.10. The number of nitrogens with zero attached hydrogens (tertiary/aromatic N) is 1. The number of likely N-dealkylation sites (tertiary alicyclic amines) is 1. The molecular formula is C12H18N2O. The molecule has 0 radical (unpaired) electrons. The molecule has 82 valence electrons. The van der Waals surface area contributed by atoms with Crippen LogP contribution >= 0.6 is 0 Å². The molecule has 15 heavy (non-hydrogen) atoms. The largest absolute Gasteiger partial charge is 0.468 e. The molecule has 2 fully saturated rings. The van der Waals surface area contributed by atoms with E-state index in [0.717, 1.165) is 12.3 Å². The summed E-state index contributed by atoms with van der Waals surface area (Å²) in [6.07, 6.45) is 4.46. The van der Waals surface area contributed by atoms with Crippen molar-refractivity contribution in [1.82, 2.24) is 10.2 Å². The normalized spacial score (nSPS) is 25.3. The third-order valence-electron chi connectivity index (χ3n) is 3.88. The van der Waals surface area contributed by atoms with Crippen LogP contribution < -0.4 is 5.32 Å². The van der Waals surface area contributed by atoms with Gasteiger partial charge in [0, 0.05) is 13.1 Å². The first-order valence-electron chi connectivity index (χ1n) is 5.82. The lowest BCUT2D eigenvalue weighted by Gasteiger charge is -2.48. The van der Waals surface area contributed by atoms with E-state index >= 15 is 0 Å². The fraction of sp³-hybridized carbons (Fsp3) is 0.667. The number of furan rings is 1. The summed E-state index contributed by atoms with van der Waals surface area (Å²) in [5.41, 5.74) is 0.652. The summed E-state index contributed by atoms with van der Waals surface area (Å²) < 4.78 is 5.37. The molecular weight excluding hydrogens is 188 g/mol. The lowest BCUT2D eigenvalue weighted by atomic mass is 9.73.